The van der Waals surface area contributed by atoms with Crippen molar-refractivity contribution in [1.29, 1.82) is 0 Å². The minimum absolute atomic E-state index is 0.718. The van der Waals surface area contributed by atoms with Crippen LogP contribution in [0.15, 0.2) is 22.6 Å². The molecule has 0 amide bonds. The third-order valence-corrected chi connectivity index (χ3v) is 4.82. The maximum Gasteiger partial charge on any atom is 0.195 e. The zero-order valence-corrected chi connectivity index (χ0v) is 10.4. The lowest BCUT2D eigenvalue weighted by Gasteiger charge is -2.19. The van der Waals surface area contributed by atoms with Gasteiger partial charge < -0.3 is 10.2 Å². The number of anilines is 1. The van der Waals surface area contributed by atoms with Gasteiger partial charge in [0.2, 0.25) is 0 Å². The van der Waals surface area contributed by atoms with E-state index in [9.17, 15) is 0 Å². The molecule has 3 atom stereocenters. The van der Waals surface area contributed by atoms with Gasteiger partial charge in [0.15, 0.2) is 11.5 Å². The number of nitrogens with zero attached hydrogens (tertiary/aromatic N) is 1. The molecular weight excluding hydrogens is 224 g/mol. The fourth-order valence-electron chi connectivity index (χ4n) is 3.95. The number of hydrogen-bond donors (Lipinski definition) is 1. The minimum Gasteiger partial charge on any atom is -0.441 e. The van der Waals surface area contributed by atoms with E-state index in [1.54, 1.807) is 0 Å². The molecule has 4 rings (SSSR count). The maximum absolute atomic E-state index is 5.92. The van der Waals surface area contributed by atoms with Gasteiger partial charge in [-0.3, -0.25) is 0 Å². The zero-order chi connectivity index (χ0) is 12.1. The Labute approximate surface area is 106 Å². The van der Waals surface area contributed by atoms with Gasteiger partial charge in [-0.25, -0.2) is 4.98 Å². The Bertz CT molecular complexity index is 589. The second-order valence-corrected chi connectivity index (χ2v) is 5.94. The van der Waals surface area contributed by atoms with Gasteiger partial charge in [-0.15, -0.1) is 0 Å². The molecule has 1 aromatic carbocycles. The highest BCUT2D eigenvalue weighted by Crippen LogP contribution is 2.49. The van der Waals surface area contributed by atoms with E-state index in [0.717, 1.165) is 46.9 Å². The summed E-state index contributed by atoms with van der Waals surface area (Å²) in [5, 5.41) is 0. The number of nitrogen functional groups attached to an aromatic ring is 1. The quantitative estimate of drug-likeness (QED) is 0.821. The van der Waals surface area contributed by atoms with Crippen LogP contribution in [0.5, 0.6) is 0 Å². The smallest absolute Gasteiger partial charge is 0.195 e. The van der Waals surface area contributed by atoms with Gasteiger partial charge in [-0.2, -0.15) is 0 Å². The first-order valence-corrected chi connectivity index (χ1v) is 6.93. The summed E-state index contributed by atoms with van der Waals surface area (Å²) >= 11 is 0. The summed E-state index contributed by atoms with van der Waals surface area (Å²) in [5.41, 5.74) is 8.29. The number of aromatic nitrogens is 1. The molecule has 2 aromatic rings. The minimum atomic E-state index is 0.718. The van der Waals surface area contributed by atoms with Crippen LogP contribution in [-0.2, 0) is 6.42 Å². The van der Waals surface area contributed by atoms with Crippen LogP contribution in [0.3, 0.4) is 0 Å². The molecule has 0 saturated heterocycles. The summed E-state index contributed by atoms with van der Waals surface area (Å²) in [7, 11) is 0. The molecule has 2 bridgehead atoms. The lowest BCUT2D eigenvalue weighted by atomic mass is 9.86. The molecule has 1 aromatic heterocycles. The highest BCUT2D eigenvalue weighted by Gasteiger charge is 2.39. The molecule has 2 saturated carbocycles. The number of hydrogen-bond acceptors (Lipinski definition) is 3. The Kier molecular flexibility index (Phi) is 2.16. The topological polar surface area (TPSA) is 52.0 Å². The van der Waals surface area contributed by atoms with Gasteiger partial charge in [0.1, 0.15) is 5.52 Å². The second-order valence-electron chi connectivity index (χ2n) is 5.94. The first-order valence-electron chi connectivity index (χ1n) is 6.93. The molecule has 3 heteroatoms. The molecule has 0 spiro atoms. The molecule has 1 heterocycles. The van der Waals surface area contributed by atoms with Crippen molar-refractivity contribution in [3.63, 3.8) is 0 Å². The van der Waals surface area contributed by atoms with Crippen LogP contribution in [0.4, 0.5) is 5.69 Å². The van der Waals surface area contributed by atoms with Gasteiger partial charge in [0, 0.05) is 6.42 Å². The monoisotopic (exact) mass is 242 g/mol. The Morgan fingerprint density at radius 3 is 2.94 bits per heavy atom. The predicted octanol–water partition coefficient (Wildman–Crippen LogP) is 3.39. The molecular formula is C15H18N2O. The Morgan fingerprint density at radius 2 is 2.22 bits per heavy atom. The van der Waals surface area contributed by atoms with Crippen LogP contribution >= 0.6 is 0 Å². The number of nitrogens with two attached hydrogens (primary N) is 1. The van der Waals surface area contributed by atoms with E-state index in [-0.39, 0.29) is 0 Å². The Hall–Kier alpha value is -1.51. The third-order valence-electron chi connectivity index (χ3n) is 4.82. The summed E-state index contributed by atoms with van der Waals surface area (Å²) in [4.78, 5) is 4.57. The number of oxazole rings is 1. The van der Waals surface area contributed by atoms with Crippen molar-refractivity contribution in [3.05, 3.63) is 24.1 Å². The molecule has 2 fully saturated rings. The van der Waals surface area contributed by atoms with Crippen LogP contribution < -0.4 is 5.73 Å². The van der Waals surface area contributed by atoms with Crippen LogP contribution in [-0.4, -0.2) is 4.98 Å². The second kappa shape index (κ2) is 3.74. The van der Waals surface area contributed by atoms with Gasteiger partial charge >= 0.3 is 0 Å². The van der Waals surface area contributed by atoms with E-state index in [1.165, 1.54) is 25.7 Å². The molecule has 94 valence electrons. The fraction of sp³-hybridized carbons (Fsp3) is 0.533. The average Bonchev–Trinajstić information content (AvgIpc) is 3.03. The van der Waals surface area contributed by atoms with Crippen LogP contribution in [0.2, 0.25) is 0 Å². The maximum atomic E-state index is 5.92. The van der Waals surface area contributed by atoms with E-state index >= 15 is 0 Å². The molecule has 0 radical (unpaired) electrons. The normalized spacial score (nSPS) is 30.3. The van der Waals surface area contributed by atoms with Crippen molar-refractivity contribution in [3.8, 4) is 0 Å². The lowest BCUT2D eigenvalue weighted by Crippen LogP contribution is -2.13. The molecule has 18 heavy (non-hydrogen) atoms. The van der Waals surface area contributed by atoms with Crippen molar-refractivity contribution < 1.29 is 4.42 Å². The lowest BCUT2D eigenvalue weighted by molar-refractivity contribution is 0.310. The van der Waals surface area contributed by atoms with Crippen molar-refractivity contribution in [2.24, 2.45) is 17.8 Å². The third kappa shape index (κ3) is 1.53. The van der Waals surface area contributed by atoms with Crippen molar-refractivity contribution in [2.45, 2.75) is 32.1 Å². The molecule has 2 N–H and O–H groups in total. The van der Waals surface area contributed by atoms with Gasteiger partial charge in [0.05, 0.1) is 5.69 Å². The van der Waals surface area contributed by atoms with Crippen molar-refractivity contribution >= 4 is 16.8 Å². The summed E-state index contributed by atoms with van der Waals surface area (Å²) < 4.78 is 5.83. The van der Waals surface area contributed by atoms with E-state index < -0.39 is 0 Å². The van der Waals surface area contributed by atoms with E-state index in [4.69, 9.17) is 10.2 Å². The van der Waals surface area contributed by atoms with Gasteiger partial charge in [-0.05, 0) is 49.1 Å². The number of para-hydroxylation sites is 1. The molecule has 2 aliphatic carbocycles. The summed E-state index contributed by atoms with van der Waals surface area (Å²) in [6.07, 6.45) is 6.67. The van der Waals surface area contributed by atoms with E-state index in [2.05, 4.69) is 4.98 Å². The van der Waals surface area contributed by atoms with E-state index in [0.29, 0.717) is 0 Å². The highest BCUT2D eigenvalue weighted by molar-refractivity contribution is 5.85. The Morgan fingerprint density at radius 1 is 1.28 bits per heavy atom. The van der Waals surface area contributed by atoms with Gasteiger partial charge in [-0.1, -0.05) is 12.5 Å². The van der Waals surface area contributed by atoms with Crippen molar-refractivity contribution in [1.82, 2.24) is 4.98 Å². The zero-order valence-electron chi connectivity index (χ0n) is 10.4. The Balaban J connectivity index is 1.61. The van der Waals surface area contributed by atoms with E-state index in [1.807, 2.05) is 18.2 Å². The summed E-state index contributed by atoms with van der Waals surface area (Å²) in [6, 6.07) is 5.75. The highest BCUT2D eigenvalue weighted by atomic mass is 16.3. The number of fused-ring (bicyclic) bond motifs is 3. The number of rotatable bonds is 2. The fourth-order valence-corrected chi connectivity index (χ4v) is 3.95. The molecule has 2 aliphatic rings. The van der Waals surface area contributed by atoms with Crippen LogP contribution in [0.1, 0.15) is 31.6 Å². The van der Waals surface area contributed by atoms with Crippen LogP contribution in [0, 0.1) is 17.8 Å². The average molecular weight is 242 g/mol. The predicted molar refractivity (Wildman–Crippen MR) is 71.1 cm³/mol. The standard InChI is InChI=1S/C15H18N2O/c16-12-2-1-3-13-15(12)17-14(18-13)8-11-7-9-4-5-10(11)6-9/h1-3,9-11H,4-8,16H2. The van der Waals surface area contributed by atoms with Gasteiger partial charge in [0.25, 0.3) is 0 Å². The molecule has 0 aliphatic heterocycles. The first kappa shape index (κ1) is 10.4. The van der Waals surface area contributed by atoms with Crippen LogP contribution in [0.25, 0.3) is 11.1 Å². The van der Waals surface area contributed by atoms with Crippen molar-refractivity contribution in [2.75, 3.05) is 5.73 Å². The largest absolute Gasteiger partial charge is 0.441 e. The molecule has 3 nitrogen and oxygen atoms in total. The summed E-state index contributed by atoms with van der Waals surface area (Å²) in [5.74, 6) is 3.57. The SMILES string of the molecule is Nc1cccc2oc(CC3CC4CCC3C4)nc12. The molecule has 3 unspecified atom stereocenters. The first-order chi connectivity index (χ1) is 8.79. The number of benzene rings is 1. The summed E-state index contributed by atoms with van der Waals surface area (Å²) in [6.45, 7) is 0.